The number of benzene rings is 1. The highest BCUT2D eigenvalue weighted by atomic mass is 19.1. The van der Waals surface area contributed by atoms with Crippen LogP contribution in [-0.4, -0.2) is 29.7 Å². The normalized spacial score (nSPS) is 19.2. The van der Waals surface area contributed by atoms with Crippen LogP contribution in [0.25, 0.3) is 0 Å². The van der Waals surface area contributed by atoms with Crippen LogP contribution in [0.4, 0.5) is 9.18 Å². The molecule has 110 valence electrons. The summed E-state index contributed by atoms with van der Waals surface area (Å²) in [6.45, 7) is 8.57. The molecule has 1 aromatic carbocycles. The summed E-state index contributed by atoms with van der Waals surface area (Å²) in [4.78, 5) is 13.7. The van der Waals surface area contributed by atoms with Gasteiger partial charge in [-0.1, -0.05) is 12.1 Å². The van der Waals surface area contributed by atoms with Crippen LogP contribution in [0, 0.1) is 12.7 Å². The number of nitrogens with zero attached hydrogens (tertiary/aromatic N) is 1. The summed E-state index contributed by atoms with van der Waals surface area (Å²) in [6.07, 6.45) is 0.564. The Morgan fingerprint density at radius 2 is 2.10 bits per heavy atom. The smallest absolute Gasteiger partial charge is 0.410 e. The molecule has 1 amide bonds. The molecule has 4 heteroatoms. The second kappa shape index (κ2) is 5.43. The fourth-order valence-corrected chi connectivity index (χ4v) is 2.39. The minimum atomic E-state index is -0.481. The Balaban J connectivity index is 2.01. The van der Waals surface area contributed by atoms with E-state index in [1.807, 2.05) is 26.8 Å². The first-order valence-corrected chi connectivity index (χ1v) is 7.00. The second-order valence-electron chi connectivity index (χ2n) is 6.42. The predicted octanol–water partition coefficient (Wildman–Crippen LogP) is 3.86. The van der Waals surface area contributed by atoms with Gasteiger partial charge in [0.15, 0.2) is 0 Å². The molecule has 1 aliphatic rings. The Morgan fingerprint density at radius 1 is 1.40 bits per heavy atom. The third kappa shape index (κ3) is 3.50. The monoisotopic (exact) mass is 279 g/mol. The maximum absolute atomic E-state index is 13.6. The van der Waals surface area contributed by atoms with E-state index in [1.54, 1.807) is 24.0 Å². The van der Waals surface area contributed by atoms with Crippen molar-refractivity contribution in [1.82, 2.24) is 4.90 Å². The van der Waals surface area contributed by atoms with Gasteiger partial charge in [-0.3, -0.25) is 0 Å². The van der Waals surface area contributed by atoms with E-state index in [0.29, 0.717) is 18.7 Å². The molecule has 1 unspecified atom stereocenters. The number of hydrogen-bond donors (Lipinski definition) is 0. The molecule has 0 aliphatic carbocycles. The first-order valence-electron chi connectivity index (χ1n) is 7.00. The van der Waals surface area contributed by atoms with E-state index in [1.165, 1.54) is 0 Å². The van der Waals surface area contributed by atoms with Crippen LogP contribution in [0.15, 0.2) is 18.2 Å². The van der Waals surface area contributed by atoms with E-state index >= 15 is 0 Å². The number of rotatable bonds is 1. The van der Waals surface area contributed by atoms with E-state index in [2.05, 4.69) is 0 Å². The Bertz CT molecular complexity index is 508. The van der Waals surface area contributed by atoms with Crippen LogP contribution < -0.4 is 0 Å². The van der Waals surface area contributed by atoms with Gasteiger partial charge in [0, 0.05) is 19.0 Å². The zero-order chi connectivity index (χ0) is 14.9. The van der Waals surface area contributed by atoms with Gasteiger partial charge in [-0.2, -0.15) is 0 Å². The lowest BCUT2D eigenvalue weighted by Crippen LogP contribution is -2.35. The number of carbonyl (C=O) groups is 1. The summed E-state index contributed by atoms with van der Waals surface area (Å²) in [6, 6.07) is 5.32. The van der Waals surface area contributed by atoms with Crippen molar-refractivity contribution in [2.75, 3.05) is 13.1 Å². The summed E-state index contributed by atoms with van der Waals surface area (Å²) < 4.78 is 19.0. The third-order valence-electron chi connectivity index (χ3n) is 3.51. The van der Waals surface area contributed by atoms with E-state index in [4.69, 9.17) is 4.74 Å². The number of ether oxygens (including phenoxy) is 1. The van der Waals surface area contributed by atoms with Crippen LogP contribution >= 0.6 is 0 Å². The van der Waals surface area contributed by atoms with Crippen LogP contribution in [0.3, 0.4) is 0 Å². The van der Waals surface area contributed by atoms with Crippen LogP contribution in [0.1, 0.15) is 44.2 Å². The number of halogens is 1. The molecule has 1 atom stereocenters. The minimum Gasteiger partial charge on any atom is -0.444 e. The van der Waals surface area contributed by atoms with Crippen molar-refractivity contribution >= 4 is 6.09 Å². The number of likely N-dealkylation sites (tertiary alicyclic amines) is 1. The average Bonchev–Trinajstić information content (AvgIpc) is 2.80. The SMILES string of the molecule is Cc1ccc(C2CCN(C(=O)OC(C)(C)C)C2)cc1F. The summed E-state index contributed by atoms with van der Waals surface area (Å²) >= 11 is 0. The van der Waals surface area contributed by atoms with Crippen LogP contribution in [-0.2, 0) is 4.74 Å². The quantitative estimate of drug-likeness (QED) is 0.781. The van der Waals surface area contributed by atoms with Gasteiger partial charge in [-0.25, -0.2) is 9.18 Å². The van der Waals surface area contributed by atoms with E-state index in [9.17, 15) is 9.18 Å². The number of hydrogen-bond acceptors (Lipinski definition) is 2. The first-order chi connectivity index (χ1) is 9.26. The van der Waals surface area contributed by atoms with Gasteiger partial charge < -0.3 is 9.64 Å². The van der Waals surface area contributed by atoms with Crippen molar-refractivity contribution in [3.63, 3.8) is 0 Å². The van der Waals surface area contributed by atoms with Gasteiger partial charge in [0.2, 0.25) is 0 Å². The lowest BCUT2D eigenvalue weighted by molar-refractivity contribution is 0.0292. The molecular weight excluding hydrogens is 257 g/mol. The van der Waals surface area contributed by atoms with Crippen LogP contribution in [0.2, 0.25) is 0 Å². The number of aryl methyl sites for hydroxylation is 1. The fraction of sp³-hybridized carbons (Fsp3) is 0.562. The minimum absolute atomic E-state index is 0.182. The van der Waals surface area contributed by atoms with Gasteiger partial charge >= 0.3 is 6.09 Å². The lowest BCUT2D eigenvalue weighted by Gasteiger charge is -2.24. The number of amides is 1. The van der Waals surface area contributed by atoms with Crippen molar-refractivity contribution in [2.45, 2.75) is 45.6 Å². The van der Waals surface area contributed by atoms with E-state index in [-0.39, 0.29) is 17.8 Å². The molecule has 0 spiro atoms. The first kappa shape index (κ1) is 14.8. The largest absolute Gasteiger partial charge is 0.444 e. The lowest BCUT2D eigenvalue weighted by atomic mass is 9.97. The maximum Gasteiger partial charge on any atom is 0.410 e. The van der Waals surface area contributed by atoms with Gasteiger partial charge in [0.25, 0.3) is 0 Å². The second-order valence-corrected chi connectivity index (χ2v) is 6.42. The van der Waals surface area contributed by atoms with Crippen molar-refractivity contribution < 1.29 is 13.9 Å². The topological polar surface area (TPSA) is 29.5 Å². The van der Waals surface area contributed by atoms with E-state index < -0.39 is 5.60 Å². The number of carbonyl (C=O) groups excluding carboxylic acids is 1. The molecule has 1 fully saturated rings. The highest BCUT2D eigenvalue weighted by Crippen LogP contribution is 2.29. The summed E-state index contributed by atoms with van der Waals surface area (Å²) in [5.74, 6) is 0.0100. The molecule has 2 rings (SSSR count). The van der Waals surface area contributed by atoms with Gasteiger partial charge in [0.05, 0.1) is 0 Å². The molecular formula is C16H22FNO2. The predicted molar refractivity (Wildman–Crippen MR) is 76.3 cm³/mol. The van der Waals surface area contributed by atoms with E-state index in [0.717, 1.165) is 12.0 Å². The highest BCUT2D eigenvalue weighted by molar-refractivity contribution is 5.68. The van der Waals surface area contributed by atoms with Crippen LogP contribution in [0.5, 0.6) is 0 Å². The third-order valence-corrected chi connectivity index (χ3v) is 3.51. The molecule has 0 aromatic heterocycles. The zero-order valence-corrected chi connectivity index (χ0v) is 12.6. The molecule has 1 heterocycles. The van der Waals surface area contributed by atoms with Gasteiger partial charge in [0.1, 0.15) is 11.4 Å². The average molecular weight is 279 g/mol. The van der Waals surface area contributed by atoms with Crippen molar-refractivity contribution in [3.8, 4) is 0 Å². The zero-order valence-electron chi connectivity index (χ0n) is 12.6. The molecule has 0 bridgehead atoms. The van der Waals surface area contributed by atoms with Crippen molar-refractivity contribution in [1.29, 1.82) is 0 Å². The maximum atomic E-state index is 13.6. The molecule has 1 aromatic rings. The molecule has 0 radical (unpaired) electrons. The Hall–Kier alpha value is -1.58. The van der Waals surface area contributed by atoms with Crippen molar-refractivity contribution in [3.05, 3.63) is 35.1 Å². The van der Waals surface area contributed by atoms with Gasteiger partial charge in [-0.15, -0.1) is 0 Å². The van der Waals surface area contributed by atoms with Gasteiger partial charge in [-0.05, 0) is 51.3 Å². The standard InChI is InChI=1S/C16H22FNO2/c1-11-5-6-12(9-14(11)17)13-7-8-18(10-13)15(19)20-16(2,3)4/h5-6,9,13H,7-8,10H2,1-4H3. The molecule has 1 saturated heterocycles. The highest BCUT2D eigenvalue weighted by Gasteiger charge is 2.30. The molecule has 1 aliphatic heterocycles. The van der Waals surface area contributed by atoms with Crippen molar-refractivity contribution in [2.24, 2.45) is 0 Å². The Labute approximate surface area is 119 Å². The molecule has 0 saturated carbocycles. The summed E-state index contributed by atoms with van der Waals surface area (Å²) in [5, 5.41) is 0. The Morgan fingerprint density at radius 3 is 2.70 bits per heavy atom. The summed E-state index contributed by atoms with van der Waals surface area (Å²) in [5.41, 5.74) is 1.13. The molecule has 3 nitrogen and oxygen atoms in total. The molecule has 20 heavy (non-hydrogen) atoms. The fourth-order valence-electron chi connectivity index (χ4n) is 2.39. The molecule has 0 N–H and O–H groups in total. The summed E-state index contributed by atoms with van der Waals surface area (Å²) in [7, 11) is 0. The Kier molecular flexibility index (Phi) is 4.02.